The Bertz CT molecular complexity index is 187. The number of carbonyl (C=O) groups is 1. The Morgan fingerprint density at radius 3 is 2.47 bits per heavy atom. The van der Waals surface area contributed by atoms with Crippen LogP contribution in [0.1, 0.15) is 47.0 Å². The molecule has 0 spiro atoms. The van der Waals surface area contributed by atoms with Gasteiger partial charge in [0, 0.05) is 6.54 Å². The maximum atomic E-state index is 10.9. The normalized spacial score (nSPS) is 13.9. The number of unbranched alkanes of at least 4 members (excludes halogenated alkanes) is 1. The maximum Gasteiger partial charge on any atom is 0.307 e. The van der Waals surface area contributed by atoms with Gasteiger partial charge < -0.3 is 5.11 Å². The zero-order valence-electron chi connectivity index (χ0n) is 10.2. The van der Waals surface area contributed by atoms with Gasteiger partial charge in [-0.1, -0.05) is 19.8 Å². The molecule has 1 unspecified atom stereocenters. The summed E-state index contributed by atoms with van der Waals surface area (Å²) in [5.41, 5.74) is 2.45. The molecular formula is C11H23NO3. The third kappa shape index (κ3) is 8.39. The summed E-state index contributed by atoms with van der Waals surface area (Å²) in [5, 5.41) is 8.93. The van der Waals surface area contributed by atoms with Gasteiger partial charge in [0.15, 0.2) is 0 Å². The Kier molecular flexibility index (Phi) is 6.52. The van der Waals surface area contributed by atoms with Crippen LogP contribution in [0.15, 0.2) is 0 Å². The van der Waals surface area contributed by atoms with E-state index in [1.54, 1.807) is 0 Å². The molecule has 0 aromatic rings. The van der Waals surface area contributed by atoms with Crippen LogP contribution in [-0.4, -0.2) is 23.2 Å². The van der Waals surface area contributed by atoms with E-state index >= 15 is 0 Å². The smallest absolute Gasteiger partial charge is 0.307 e. The summed E-state index contributed by atoms with van der Waals surface area (Å²) in [6, 6.07) is 0. The Morgan fingerprint density at radius 1 is 1.47 bits per heavy atom. The third-order valence-corrected chi connectivity index (χ3v) is 1.96. The quantitative estimate of drug-likeness (QED) is 0.642. The lowest BCUT2D eigenvalue weighted by Crippen LogP contribution is -2.34. The van der Waals surface area contributed by atoms with Crippen molar-refractivity contribution in [1.29, 1.82) is 0 Å². The van der Waals surface area contributed by atoms with E-state index < -0.39 is 5.97 Å². The van der Waals surface area contributed by atoms with E-state index in [0.717, 1.165) is 12.8 Å². The first-order chi connectivity index (χ1) is 6.87. The molecule has 0 aromatic heterocycles. The number of aliphatic carboxylic acids is 1. The molecule has 90 valence electrons. The molecule has 0 amide bonds. The van der Waals surface area contributed by atoms with E-state index in [-0.39, 0.29) is 11.5 Å². The van der Waals surface area contributed by atoms with Gasteiger partial charge in [-0.05, 0) is 27.2 Å². The van der Waals surface area contributed by atoms with E-state index in [1.165, 1.54) is 0 Å². The summed E-state index contributed by atoms with van der Waals surface area (Å²) < 4.78 is 0. The van der Waals surface area contributed by atoms with Crippen molar-refractivity contribution in [3.8, 4) is 0 Å². The zero-order valence-corrected chi connectivity index (χ0v) is 10.2. The first-order valence-electron chi connectivity index (χ1n) is 5.50. The summed E-state index contributed by atoms with van der Waals surface area (Å²) in [7, 11) is 0. The van der Waals surface area contributed by atoms with Gasteiger partial charge in [-0.15, -0.1) is 0 Å². The Labute approximate surface area is 92.0 Å². The molecule has 2 N–H and O–H groups in total. The van der Waals surface area contributed by atoms with E-state index in [4.69, 9.17) is 9.94 Å². The van der Waals surface area contributed by atoms with E-state index in [0.29, 0.717) is 13.0 Å². The van der Waals surface area contributed by atoms with Crippen LogP contribution in [0.3, 0.4) is 0 Å². The Morgan fingerprint density at radius 2 is 2.07 bits per heavy atom. The summed E-state index contributed by atoms with van der Waals surface area (Å²) in [5.74, 6) is -1.11. The summed E-state index contributed by atoms with van der Waals surface area (Å²) in [6.07, 6.45) is 2.66. The summed E-state index contributed by atoms with van der Waals surface area (Å²) >= 11 is 0. The largest absolute Gasteiger partial charge is 0.481 e. The number of rotatable bonds is 7. The fraction of sp³-hybridized carbons (Fsp3) is 0.909. The molecule has 0 aliphatic carbocycles. The molecule has 1 atom stereocenters. The predicted molar refractivity (Wildman–Crippen MR) is 59.5 cm³/mol. The molecule has 0 saturated carbocycles. The van der Waals surface area contributed by atoms with Crippen LogP contribution in [0.2, 0.25) is 0 Å². The van der Waals surface area contributed by atoms with Crippen LogP contribution in [0.25, 0.3) is 0 Å². The molecule has 0 bridgehead atoms. The number of carboxylic acids is 1. The SMILES string of the molecule is CCCCC(CNOC(C)(C)C)C(=O)O. The molecule has 0 rings (SSSR count). The van der Waals surface area contributed by atoms with Gasteiger partial charge in [-0.3, -0.25) is 9.63 Å². The van der Waals surface area contributed by atoms with Crippen LogP contribution in [0.4, 0.5) is 0 Å². The minimum atomic E-state index is -0.756. The molecule has 0 aromatic carbocycles. The molecule has 0 radical (unpaired) electrons. The second kappa shape index (κ2) is 6.80. The lowest BCUT2D eigenvalue weighted by atomic mass is 10.0. The Balaban J connectivity index is 3.81. The van der Waals surface area contributed by atoms with E-state index in [1.807, 2.05) is 20.8 Å². The molecule has 0 fully saturated rings. The first-order valence-corrected chi connectivity index (χ1v) is 5.50. The summed E-state index contributed by atoms with van der Waals surface area (Å²) in [4.78, 5) is 16.1. The van der Waals surface area contributed by atoms with Gasteiger partial charge in [-0.2, -0.15) is 0 Å². The van der Waals surface area contributed by atoms with Crippen molar-refractivity contribution < 1.29 is 14.7 Å². The average molecular weight is 217 g/mol. The van der Waals surface area contributed by atoms with Crippen molar-refractivity contribution in [2.24, 2.45) is 5.92 Å². The summed E-state index contributed by atoms with van der Waals surface area (Å²) in [6.45, 7) is 8.18. The topological polar surface area (TPSA) is 58.6 Å². The van der Waals surface area contributed by atoms with E-state index in [9.17, 15) is 4.79 Å². The maximum absolute atomic E-state index is 10.9. The van der Waals surface area contributed by atoms with Gasteiger partial charge in [0.25, 0.3) is 0 Å². The molecule has 0 aliphatic rings. The number of hydrogen-bond acceptors (Lipinski definition) is 3. The molecule has 0 aliphatic heterocycles. The minimum Gasteiger partial charge on any atom is -0.481 e. The highest BCUT2D eigenvalue weighted by Crippen LogP contribution is 2.09. The van der Waals surface area contributed by atoms with Crippen LogP contribution in [0.5, 0.6) is 0 Å². The van der Waals surface area contributed by atoms with Gasteiger partial charge >= 0.3 is 5.97 Å². The van der Waals surface area contributed by atoms with Crippen LogP contribution >= 0.6 is 0 Å². The minimum absolute atomic E-state index is 0.284. The van der Waals surface area contributed by atoms with Crippen molar-refractivity contribution >= 4 is 5.97 Å². The number of carboxylic acid groups (broad SMARTS) is 1. The standard InChI is InChI=1S/C11H23NO3/c1-5-6-7-9(10(13)14)8-12-15-11(2,3)4/h9,12H,5-8H2,1-4H3,(H,13,14). The number of nitrogens with one attached hydrogen (secondary N) is 1. The van der Waals surface area contributed by atoms with Gasteiger partial charge in [-0.25, -0.2) is 5.48 Å². The molecule has 4 heteroatoms. The monoisotopic (exact) mass is 217 g/mol. The van der Waals surface area contributed by atoms with Crippen molar-refractivity contribution in [2.75, 3.05) is 6.54 Å². The van der Waals surface area contributed by atoms with Crippen molar-refractivity contribution in [2.45, 2.75) is 52.6 Å². The predicted octanol–water partition coefficient (Wildman–Crippen LogP) is 2.20. The second-order valence-corrected chi connectivity index (χ2v) is 4.74. The van der Waals surface area contributed by atoms with Crippen molar-refractivity contribution in [3.63, 3.8) is 0 Å². The second-order valence-electron chi connectivity index (χ2n) is 4.74. The molecular weight excluding hydrogens is 194 g/mol. The third-order valence-electron chi connectivity index (χ3n) is 1.96. The highest BCUT2D eigenvalue weighted by atomic mass is 16.7. The average Bonchev–Trinajstić information content (AvgIpc) is 2.08. The van der Waals surface area contributed by atoms with Crippen molar-refractivity contribution in [3.05, 3.63) is 0 Å². The van der Waals surface area contributed by atoms with Crippen LogP contribution < -0.4 is 5.48 Å². The number of hydrogen-bond donors (Lipinski definition) is 2. The molecule has 15 heavy (non-hydrogen) atoms. The van der Waals surface area contributed by atoms with E-state index in [2.05, 4.69) is 12.4 Å². The van der Waals surface area contributed by atoms with Crippen molar-refractivity contribution in [1.82, 2.24) is 5.48 Å². The Hall–Kier alpha value is -0.610. The lowest BCUT2D eigenvalue weighted by Gasteiger charge is -2.21. The molecule has 0 heterocycles. The van der Waals surface area contributed by atoms with Gasteiger partial charge in [0.05, 0.1) is 11.5 Å². The highest BCUT2D eigenvalue weighted by molar-refractivity contribution is 5.70. The lowest BCUT2D eigenvalue weighted by molar-refractivity contribution is -0.144. The fourth-order valence-corrected chi connectivity index (χ4v) is 1.12. The molecule has 4 nitrogen and oxygen atoms in total. The highest BCUT2D eigenvalue weighted by Gasteiger charge is 2.18. The number of hydroxylamine groups is 1. The van der Waals surface area contributed by atoms with Crippen LogP contribution in [0, 0.1) is 5.92 Å². The van der Waals surface area contributed by atoms with Crippen LogP contribution in [-0.2, 0) is 9.63 Å². The molecule has 0 saturated heterocycles. The first kappa shape index (κ1) is 14.4. The fourth-order valence-electron chi connectivity index (χ4n) is 1.12. The van der Waals surface area contributed by atoms with Gasteiger partial charge in [0.1, 0.15) is 0 Å². The van der Waals surface area contributed by atoms with Gasteiger partial charge in [0.2, 0.25) is 0 Å². The zero-order chi connectivity index (χ0) is 11.9.